The first-order chi connectivity index (χ1) is 15.2. The zero-order chi connectivity index (χ0) is 23.9. The molecule has 0 aliphatic heterocycles. The largest absolute Gasteiger partial charge is 0.327 e. The Balaban J connectivity index is 2.63. The van der Waals surface area contributed by atoms with E-state index in [2.05, 4.69) is 6.92 Å². The molecule has 0 heterocycles. The van der Waals surface area contributed by atoms with E-state index in [0.717, 1.165) is 25.3 Å². The maximum Gasteiger partial charge on any atom is 0.272 e. The minimum atomic E-state index is -1.16. The summed E-state index contributed by atoms with van der Waals surface area (Å²) in [6.07, 6.45) is 10.7. The van der Waals surface area contributed by atoms with Gasteiger partial charge >= 0.3 is 0 Å². The van der Waals surface area contributed by atoms with Crippen molar-refractivity contribution in [2.75, 3.05) is 0 Å². The molecule has 0 saturated heterocycles. The van der Waals surface area contributed by atoms with Crippen molar-refractivity contribution in [1.29, 1.82) is 0 Å². The van der Waals surface area contributed by atoms with Crippen molar-refractivity contribution >= 4 is 0 Å². The van der Waals surface area contributed by atoms with Crippen molar-refractivity contribution < 1.29 is 27.4 Å². The maximum absolute atomic E-state index is 13.9. The predicted molar refractivity (Wildman–Crippen MR) is 123 cm³/mol. The first-order valence-corrected chi connectivity index (χ1v) is 12.3. The van der Waals surface area contributed by atoms with E-state index in [1.54, 1.807) is 0 Å². The predicted octanol–water partition coefficient (Wildman–Crippen LogP) is 8.09. The second-order valence-corrected chi connectivity index (χ2v) is 9.08. The van der Waals surface area contributed by atoms with Gasteiger partial charge in [0.25, 0.3) is 6.48 Å². The van der Waals surface area contributed by atoms with Crippen LogP contribution in [0.25, 0.3) is 0 Å². The molecule has 0 aliphatic rings. The van der Waals surface area contributed by atoms with Gasteiger partial charge in [0, 0.05) is 6.07 Å². The van der Waals surface area contributed by atoms with Crippen LogP contribution < -0.4 is 0 Å². The molecule has 186 valence electrons. The van der Waals surface area contributed by atoms with Gasteiger partial charge in [-0.3, -0.25) is 0 Å². The summed E-state index contributed by atoms with van der Waals surface area (Å²) in [6, 6.07) is 1.56. The van der Waals surface area contributed by atoms with Gasteiger partial charge in [0.1, 0.15) is 5.82 Å². The molecular weight excluding hydrogens is 417 g/mol. The highest BCUT2D eigenvalue weighted by molar-refractivity contribution is 5.20. The summed E-state index contributed by atoms with van der Waals surface area (Å²) in [7, 11) is 0. The molecule has 32 heavy (non-hydrogen) atoms. The number of ether oxygens (including phenoxy) is 3. The van der Waals surface area contributed by atoms with Gasteiger partial charge in [-0.1, -0.05) is 51.9 Å². The van der Waals surface area contributed by atoms with Crippen LogP contribution in [0, 0.1) is 17.5 Å². The number of unbranched alkanes of at least 4 members (excludes halogenated alkanes) is 6. The van der Waals surface area contributed by atoms with E-state index in [1.807, 2.05) is 27.7 Å². The summed E-state index contributed by atoms with van der Waals surface area (Å²) in [5.74, 6) is -2.89. The van der Waals surface area contributed by atoms with Gasteiger partial charge in [-0.05, 0) is 65.0 Å². The van der Waals surface area contributed by atoms with Crippen molar-refractivity contribution in [3.05, 3.63) is 35.1 Å². The molecule has 0 amide bonds. The Hall–Kier alpha value is -1.11. The fraction of sp³-hybridized carbons (Fsp3) is 0.769. The number of hydrogen-bond donors (Lipinski definition) is 0. The number of benzene rings is 1. The molecule has 0 N–H and O–H groups in total. The molecule has 1 aromatic carbocycles. The van der Waals surface area contributed by atoms with Gasteiger partial charge in [0.05, 0.1) is 18.3 Å². The van der Waals surface area contributed by atoms with Gasteiger partial charge in [0.15, 0.2) is 11.6 Å². The summed E-state index contributed by atoms with van der Waals surface area (Å²) in [4.78, 5) is 0. The lowest BCUT2D eigenvalue weighted by atomic mass is 10.0. The Kier molecular flexibility index (Phi) is 14.9. The number of hydrogen-bond acceptors (Lipinski definition) is 3. The molecule has 0 aromatic heterocycles. The van der Waals surface area contributed by atoms with Crippen LogP contribution >= 0.6 is 0 Å². The van der Waals surface area contributed by atoms with Crippen LogP contribution in [0.3, 0.4) is 0 Å². The topological polar surface area (TPSA) is 27.7 Å². The molecular formula is C26H43F3O3. The van der Waals surface area contributed by atoms with E-state index >= 15 is 0 Å². The lowest BCUT2D eigenvalue weighted by Crippen LogP contribution is -2.31. The van der Waals surface area contributed by atoms with Gasteiger partial charge < -0.3 is 14.2 Å². The number of aryl methyl sites for hydroxylation is 1. The highest BCUT2D eigenvalue weighted by atomic mass is 19.2. The molecule has 1 unspecified atom stereocenters. The highest BCUT2D eigenvalue weighted by Gasteiger charge is 2.20. The number of halogens is 3. The second-order valence-electron chi connectivity index (χ2n) is 9.08. The molecule has 0 saturated carbocycles. The summed E-state index contributed by atoms with van der Waals surface area (Å²) < 4.78 is 58.3. The Morgan fingerprint density at radius 1 is 0.656 bits per heavy atom. The van der Waals surface area contributed by atoms with Crippen LogP contribution in [0.5, 0.6) is 0 Å². The summed E-state index contributed by atoms with van der Waals surface area (Å²) in [6.45, 7) is 9.16. The average molecular weight is 461 g/mol. The first kappa shape index (κ1) is 28.9. The monoisotopic (exact) mass is 460 g/mol. The van der Waals surface area contributed by atoms with E-state index in [4.69, 9.17) is 14.2 Å². The first-order valence-electron chi connectivity index (χ1n) is 12.3. The Morgan fingerprint density at radius 2 is 1.19 bits per heavy atom. The Morgan fingerprint density at radius 3 is 1.78 bits per heavy atom. The van der Waals surface area contributed by atoms with E-state index in [9.17, 15) is 13.2 Å². The van der Waals surface area contributed by atoms with Crippen molar-refractivity contribution in [3.63, 3.8) is 0 Å². The van der Waals surface area contributed by atoms with E-state index < -0.39 is 23.9 Å². The fourth-order valence-corrected chi connectivity index (χ4v) is 3.58. The third-order valence-electron chi connectivity index (χ3n) is 5.26. The van der Waals surface area contributed by atoms with Crippen molar-refractivity contribution in [3.8, 4) is 0 Å². The fourth-order valence-electron chi connectivity index (χ4n) is 3.58. The smallest absolute Gasteiger partial charge is 0.272 e. The third kappa shape index (κ3) is 12.8. The lowest BCUT2D eigenvalue weighted by molar-refractivity contribution is -0.327. The molecule has 3 nitrogen and oxygen atoms in total. The maximum atomic E-state index is 13.9. The summed E-state index contributed by atoms with van der Waals surface area (Å²) in [5.41, 5.74) is 0.187. The van der Waals surface area contributed by atoms with Crippen LogP contribution in [-0.4, -0.2) is 24.8 Å². The van der Waals surface area contributed by atoms with Crippen LogP contribution in [0.2, 0.25) is 0 Å². The van der Waals surface area contributed by atoms with Crippen molar-refractivity contribution in [1.82, 2.24) is 0 Å². The van der Waals surface area contributed by atoms with Crippen LogP contribution in [0.4, 0.5) is 13.2 Å². The minimum Gasteiger partial charge on any atom is -0.327 e. The molecule has 1 atom stereocenters. The molecule has 0 bridgehead atoms. The Bertz CT molecular complexity index is 613. The van der Waals surface area contributed by atoms with Gasteiger partial charge in [-0.15, -0.1) is 0 Å². The lowest BCUT2D eigenvalue weighted by Gasteiger charge is -2.28. The van der Waals surface area contributed by atoms with Gasteiger partial charge in [0.2, 0.25) is 0 Å². The summed E-state index contributed by atoms with van der Waals surface area (Å²) in [5, 5.41) is 0. The van der Waals surface area contributed by atoms with E-state index in [1.165, 1.54) is 32.1 Å². The Labute approximate surface area is 193 Å². The average Bonchev–Trinajstić information content (AvgIpc) is 2.69. The zero-order valence-corrected chi connectivity index (χ0v) is 20.6. The highest BCUT2D eigenvalue weighted by Crippen LogP contribution is 2.21. The molecule has 0 spiro atoms. The second kappa shape index (κ2) is 16.5. The van der Waals surface area contributed by atoms with E-state index in [-0.39, 0.29) is 23.9 Å². The molecule has 6 heteroatoms. The van der Waals surface area contributed by atoms with Gasteiger partial charge in [-0.2, -0.15) is 0 Å². The standard InChI is InChI=1S/C26H43F3O3/c1-6-7-8-9-10-11-12-15-22(32-26(30-19(2)3)31-20(4)5)16-13-14-21-17-24(28)25(29)18-23(21)27/h17-20,22,26H,6-16H2,1-5H3. The quantitative estimate of drug-likeness (QED) is 0.126. The number of rotatable bonds is 18. The van der Waals surface area contributed by atoms with Gasteiger partial charge in [-0.25, -0.2) is 13.2 Å². The van der Waals surface area contributed by atoms with Crippen LogP contribution in [0.1, 0.15) is 104 Å². The third-order valence-corrected chi connectivity index (χ3v) is 5.26. The normalized spacial score (nSPS) is 13.0. The van der Waals surface area contributed by atoms with E-state index in [0.29, 0.717) is 25.3 Å². The molecule has 0 fully saturated rings. The summed E-state index contributed by atoms with van der Waals surface area (Å²) >= 11 is 0. The minimum absolute atomic E-state index is 0.0470. The zero-order valence-electron chi connectivity index (χ0n) is 20.6. The van der Waals surface area contributed by atoms with Crippen LogP contribution in [-0.2, 0) is 20.6 Å². The molecule has 1 rings (SSSR count). The van der Waals surface area contributed by atoms with Crippen LogP contribution in [0.15, 0.2) is 12.1 Å². The molecule has 1 aromatic rings. The van der Waals surface area contributed by atoms with Crippen molar-refractivity contribution in [2.45, 2.75) is 130 Å². The molecule has 0 radical (unpaired) electrons. The van der Waals surface area contributed by atoms with Crippen molar-refractivity contribution in [2.24, 2.45) is 0 Å². The molecule has 0 aliphatic carbocycles. The SMILES string of the molecule is CCCCCCCCCC(CCCc1cc(F)c(F)cc1F)OC(OC(C)C)OC(C)C.